The number of nitrogens with zero attached hydrogens (tertiary/aromatic N) is 6. The van der Waals surface area contributed by atoms with Crippen molar-refractivity contribution in [3.05, 3.63) is 60.3 Å². The van der Waals surface area contributed by atoms with Crippen LogP contribution in [0.5, 0.6) is 0 Å². The molecule has 0 bridgehead atoms. The Labute approximate surface area is 176 Å². The van der Waals surface area contributed by atoms with E-state index in [1.165, 1.54) is 4.40 Å². The first-order chi connectivity index (χ1) is 15.0. The van der Waals surface area contributed by atoms with E-state index in [1.54, 1.807) is 18.6 Å². The molecule has 0 radical (unpaired) electrons. The van der Waals surface area contributed by atoms with Gasteiger partial charge >= 0.3 is 6.18 Å². The van der Waals surface area contributed by atoms with Crippen molar-refractivity contribution in [2.45, 2.75) is 37.6 Å². The van der Waals surface area contributed by atoms with Gasteiger partial charge < -0.3 is 4.52 Å². The molecule has 3 aromatic heterocycles. The fourth-order valence-corrected chi connectivity index (χ4v) is 3.81. The molecule has 8 nitrogen and oxygen atoms in total. The van der Waals surface area contributed by atoms with Gasteiger partial charge in [-0.1, -0.05) is 5.16 Å². The van der Waals surface area contributed by atoms with Crippen LogP contribution in [0.2, 0.25) is 0 Å². The van der Waals surface area contributed by atoms with E-state index in [9.17, 15) is 13.2 Å². The average molecular weight is 433 g/mol. The molecule has 3 aromatic rings. The van der Waals surface area contributed by atoms with E-state index in [4.69, 9.17) is 4.52 Å². The van der Waals surface area contributed by atoms with Gasteiger partial charge in [0.15, 0.2) is 11.3 Å². The number of hydrogen-bond donors (Lipinski definition) is 1. The maximum Gasteiger partial charge on any atom is 0.434 e. The fourth-order valence-electron chi connectivity index (χ4n) is 3.81. The molecular weight excluding hydrogens is 411 g/mol. The lowest BCUT2D eigenvalue weighted by molar-refractivity contribution is -0.141. The first-order valence-corrected chi connectivity index (χ1v) is 9.85. The van der Waals surface area contributed by atoms with E-state index in [0.29, 0.717) is 17.9 Å². The normalized spacial score (nSPS) is 19.3. The summed E-state index contributed by atoms with van der Waals surface area (Å²) >= 11 is 0. The van der Waals surface area contributed by atoms with Gasteiger partial charge in [0, 0.05) is 37.5 Å². The van der Waals surface area contributed by atoms with Gasteiger partial charge in [0.05, 0.1) is 30.5 Å². The van der Waals surface area contributed by atoms with E-state index >= 15 is 0 Å². The number of alkyl halides is 3. The predicted octanol–water partition coefficient (Wildman–Crippen LogP) is 3.25. The molecule has 1 aliphatic rings. The zero-order valence-electron chi connectivity index (χ0n) is 16.7. The second-order valence-electron chi connectivity index (χ2n) is 7.35. The Balaban J connectivity index is 1.51. The Hall–Kier alpha value is -3.05. The zero-order valence-corrected chi connectivity index (χ0v) is 16.7. The van der Waals surface area contributed by atoms with Gasteiger partial charge in [-0.05, 0) is 32.2 Å². The smallest absolute Gasteiger partial charge is 0.361 e. The van der Waals surface area contributed by atoms with Crippen molar-refractivity contribution in [1.29, 1.82) is 0 Å². The molecule has 164 valence electrons. The first-order valence-electron chi connectivity index (χ1n) is 9.85. The fraction of sp³-hybridized carbons (Fsp3) is 0.400. The number of aromatic nitrogens is 4. The number of halogens is 3. The number of aliphatic imine (C=N–C) groups is 1. The van der Waals surface area contributed by atoms with Crippen molar-refractivity contribution >= 4 is 12.4 Å². The summed E-state index contributed by atoms with van der Waals surface area (Å²) in [6.45, 7) is 5.40. The third kappa shape index (κ3) is 4.83. The number of hydrogen-bond acceptors (Lipinski definition) is 7. The lowest BCUT2D eigenvalue weighted by atomic mass is 9.95. The molecule has 0 aromatic carbocycles. The molecule has 4 heterocycles. The van der Waals surface area contributed by atoms with E-state index in [1.807, 2.05) is 12.1 Å². The molecule has 31 heavy (non-hydrogen) atoms. The van der Waals surface area contributed by atoms with Crippen molar-refractivity contribution in [3.63, 3.8) is 0 Å². The van der Waals surface area contributed by atoms with Crippen LogP contribution in [0.25, 0.3) is 5.65 Å². The summed E-state index contributed by atoms with van der Waals surface area (Å²) in [5.74, 6) is 1.07. The molecule has 2 unspecified atom stereocenters. The highest BCUT2D eigenvalue weighted by molar-refractivity contribution is 5.38. The summed E-state index contributed by atoms with van der Waals surface area (Å²) in [5.41, 5.74) is -0.0119. The van der Waals surface area contributed by atoms with Gasteiger partial charge in [0.25, 0.3) is 0 Å². The highest BCUT2D eigenvalue weighted by Crippen LogP contribution is 2.28. The zero-order chi connectivity index (χ0) is 21.8. The maximum atomic E-state index is 13.0. The number of piperidine rings is 1. The Morgan fingerprint density at radius 3 is 2.97 bits per heavy atom. The van der Waals surface area contributed by atoms with Gasteiger partial charge in [0.2, 0.25) is 0 Å². The largest absolute Gasteiger partial charge is 0.434 e. The Kier molecular flexibility index (Phi) is 6.14. The molecule has 1 N–H and O–H groups in total. The number of nitrogens with one attached hydrogen (secondary N) is 1. The quantitative estimate of drug-likeness (QED) is 0.576. The van der Waals surface area contributed by atoms with Crippen LogP contribution in [0, 0.1) is 0 Å². The molecule has 1 saturated heterocycles. The molecule has 0 saturated carbocycles. The SMILES string of the molecule is C=N/C=C\C(NCc1cnc2cnc(C(F)(F)F)cn12)N1CCCC(c2ccno2)C1. The lowest BCUT2D eigenvalue weighted by Gasteiger charge is -2.36. The van der Waals surface area contributed by atoms with Gasteiger partial charge in [-0.15, -0.1) is 0 Å². The van der Waals surface area contributed by atoms with Crippen molar-refractivity contribution < 1.29 is 17.7 Å². The summed E-state index contributed by atoms with van der Waals surface area (Å²) in [6.07, 6.45) is 6.03. The lowest BCUT2D eigenvalue weighted by Crippen LogP contribution is -2.48. The highest BCUT2D eigenvalue weighted by atomic mass is 19.4. The van der Waals surface area contributed by atoms with E-state index in [0.717, 1.165) is 44.1 Å². The number of imidazole rings is 1. The van der Waals surface area contributed by atoms with Crippen LogP contribution < -0.4 is 5.32 Å². The van der Waals surface area contributed by atoms with Crippen LogP contribution in [0.4, 0.5) is 13.2 Å². The second kappa shape index (κ2) is 8.98. The standard InChI is InChI=1S/C20H22F3N7O/c1-24-6-5-18(29-8-2-3-14(12-29)16-4-7-28-31-16)26-9-15-10-27-19-11-25-17(13-30(15)19)20(21,22)23/h4-7,10-11,13-14,18,26H,1-3,8-9,12H2/b6-5-. The predicted molar refractivity (Wildman–Crippen MR) is 107 cm³/mol. The summed E-state index contributed by atoms with van der Waals surface area (Å²) in [4.78, 5) is 13.6. The minimum Gasteiger partial charge on any atom is -0.361 e. The Morgan fingerprint density at radius 2 is 2.23 bits per heavy atom. The molecule has 4 rings (SSSR count). The van der Waals surface area contributed by atoms with Crippen LogP contribution in [0.1, 0.15) is 35.9 Å². The van der Waals surface area contributed by atoms with Gasteiger partial charge in [-0.3, -0.25) is 19.6 Å². The van der Waals surface area contributed by atoms with Crippen LogP contribution in [-0.4, -0.2) is 50.4 Å². The van der Waals surface area contributed by atoms with Crippen LogP contribution in [0.3, 0.4) is 0 Å². The third-order valence-electron chi connectivity index (χ3n) is 5.34. The van der Waals surface area contributed by atoms with E-state index in [-0.39, 0.29) is 12.1 Å². The summed E-state index contributed by atoms with van der Waals surface area (Å²) in [5, 5.41) is 7.18. The van der Waals surface area contributed by atoms with Crippen molar-refractivity contribution in [1.82, 2.24) is 29.7 Å². The van der Waals surface area contributed by atoms with Crippen molar-refractivity contribution in [3.8, 4) is 0 Å². The van der Waals surface area contributed by atoms with Crippen LogP contribution in [-0.2, 0) is 12.7 Å². The van der Waals surface area contributed by atoms with E-state index < -0.39 is 11.9 Å². The molecule has 0 amide bonds. The summed E-state index contributed by atoms with van der Waals surface area (Å²) in [6, 6.07) is 1.88. The summed E-state index contributed by atoms with van der Waals surface area (Å²) < 4.78 is 45.9. The van der Waals surface area contributed by atoms with Crippen LogP contribution in [0.15, 0.2) is 52.6 Å². The monoisotopic (exact) mass is 433 g/mol. The Bertz CT molecular complexity index is 1040. The van der Waals surface area contributed by atoms with Gasteiger partial charge in [0.1, 0.15) is 5.76 Å². The molecule has 0 spiro atoms. The molecule has 0 aliphatic carbocycles. The average Bonchev–Trinajstić information content (AvgIpc) is 3.43. The van der Waals surface area contributed by atoms with Crippen LogP contribution >= 0.6 is 0 Å². The van der Waals surface area contributed by atoms with Gasteiger partial charge in [-0.25, -0.2) is 9.97 Å². The summed E-state index contributed by atoms with van der Waals surface area (Å²) in [7, 11) is 0. The maximum absolute atomic E-state index is 13.0. The topological polar surface area (TPSA) is 83.9 Å². The molecular formula is C20H22F3N7O. The molecule has 1 aliphatic heterocycles. The third-order valence-corrected chi connectivity index (χ3v) is 5.34. The second-order valence-corrected chi connectivity index (χ2v) is 7.35. The van der Waals surface area contributed by atoms with Crippen molar-refractivity contribution in [2.75, 3.05) is 13.1 Å². The minimum atomic E-state index is -4.52. The molecule has 1 fully saturated rings. The number of rotatable bonds is 7. The van der Waals surface area contributed by atoms with E-state index in [2.05, 4.69) is 37.1 Å². The first kappa shape index (κ1) is 21.2. The number of likely N-dealkylation sites (tertiary alicyclic amines) is 1. The number of fused-ring (bicyclic) bond motifs is 1. The van der Waals surface area contributed by atoms with Crippen molar-refractivity contribution in [2.24, 2.45) is 4.99 Å². The molecule has 2 atom stereocenters. The highest BCUT2D eigenvalue weighted by Gasteiger charge is 2.33. The Morgan fingerprint density at radius 1 is 1.35 bits per heavy atom. The molecule has 11 heteroatoms. The van der Waals surface area contributed by atoms with Gasteiger partial charge in [-0.2, -0.15) is 13.2 Å². The minimum absolute atomic E-state index is 0.189.